The summed E-state index contributed by atoms with van der Waals surface area (Å²) in [6.45, 7) is 0.168. The van der Waals surface area contributed by atoms with Crippen molar-refractivity contribution in [1.82, 2.24) is 14.7 Å². The molecule has 2 heterocycles. The Morgan fingerprint density at radius 1 is 0.925 bits per heavy atom. The number of fused-ring (bicyclic) bond motifs is 1. The number of nitrogens with zero attached hydrogens (tertiary/aromatic N) is 2. The lowest BCUT2D eigenvalue weighted by Crippen LogP contribution is -2.28. The van der Waals surface area contributed by atoms with Gasteiger partial charge >= 0.3 is 6.03 Å². The first-order valence-corrected chi connectivity index (χ1v) is 14.0. The molecule has 2 N–H and O–H groups in total. The van der Waals surface area contributed by atoms with E-state index in [1.54, 1.807) is 30.5 Å². The Labute approximate surface area is 229 Å². The summed E-state index contributed by atoms with van der Waals surface area (Å²) in [5.74, 6) is -2.64. The lowest BCUT2D eigenvalue weighted by atomic mass is 10.1. The van der Waals surface area contributed by atoms with Gasteiger partial charge in [0.15, 0.2) is 21.4 Å². The Morgan fingerprint density at radius 2 is 1.62 bits per heavy atom. The Morgan fingerprint density at radius 3 is 2.30 bits per heavy atom. The number of amides is 2. The average Bonchev–Trinajstić information content (AvgIpc) is 3.38. The zero-order valence-electron chi connectivity index (χ0n) is 21.5. The highest BCUT2D eigenvalue weighted by Gasteiger charge is 2.16. The maximum atomic E-state index is 14.1. The van der Waals surface area contributed by atoms with Crippen molar-refractivity contribution in [3.05, 3.63) is 102 Å². The van der Waals surface area contributed by atoms with Crippen LogP contribution in [0.4, 0.5) is 19.3 Å². The van der Waals surface area contributed by atoms with Crippen LogP contribution in [0.15, 0.2) is 90.1 Å². The highest BCUT2D eigenvalue weighted by atomic mass is 32.2. The summed E-state index contributed by atoms with van der Waals surface area (Å²) >= 11 is 0. The second-order valence-electron chi connectivity index (χ2n) is 9.03. The lowest BCUT2D eigenvalue weighted by Gasteiger charge is -2.11. The van der Waals surface area contributed by atoms with Gasteiger partial charge in [-0.15, -0.1) is 0 Å². The molecular formula is C29H24F2N4O4S. The highest BCUT2D eigenvalue weighted by Crippen LogP contribution is 2.27. The maximum Gasteiger partial charge on any atom is 0.319 e. The van der Waals surface area contributed by atoms with E-state index in [1.807, 2.05) is 47.0 Å². The van der Waals surface area contributed by atoms with E-state index in [0.29, 0.717) is 0 Å². The van der Waals surface area contributed by atoms with Gasteiger partial charge in [0, 0.05) is 24.6 Å². The van der Waals surface area contributed by atoms with Gasteiger partial charge in [0.1, 0.15) is 5.65 Å². The average molecular weight is 563 g/mol. The largest absolute Gasteiger partial charge is 0.494 e. The number of aromatic nitrogens is 2. The lowest BCUT2D eigenvalue weighted by molar-refractivity contribution is 0.251. The van der Waals surface area contributed by atoms with E-state index in [1.165, 1.54) is 25.5 Å². The minimum absolute atomic E-state index is 0.168. The number of carbonyl (C=O) groups excluding carboxylic acids is 1. The quantitative estimate of drug-likeness (QED) is 0.266. The van der Waals surface area contributed by atoms with Gasteiger partial charge in [0.2, 0.25) is 5.82 Å². The van der Waals surface area contributed by atoms with E-state index < -0.39 is 27.5 Å². The summed E-state index contributed by atoms with van der Waals surface area (Å²) in [6.07, 6.45) is 4.84. The molecule has 2 amide bonds. The third-order valence-corrected chi connectivity index (χ3v) is 7.48. The highest BCUT2D eigenvalue weighted by molar-refractivity contribution is 7.90. The molecule has 0 aliphatic carbocycles. The van der Waals surface area contributed by atoms with Crippen LogP contribution in [-0.4, -0.2) is 37.2 Å². The van der Waals surface area contributed by atoms with Crippen LogP contribution in [0, 0.1) is 11.6 Å². The van der Waals surface area contributed by atoms with Crippen LogP contribution in [0.5, 0.6) is 5.75 Å². The number of nitrogens with one attached hydrogen (secondary N) is 2. The van der Waals surface area contributed by atoms with E-state index in [9.17, 15) is 22.0 Å². The fourth-order valence-electron chi connectivity index (χ4n) is 4.20. The maximum absolute atomic E-state index is 14.1. The van der Waals surface area contributed by atoms with Crippen molar-refractivity contribution in [1.29, 1.82) is 0 Å². The van der Waals surface area contributed by atoms with Crippen LogP contribution >= 0.6 is 0 Å². The molecule has 5 aromatic rings. The molecule has 0 radical (unpaired) electrons. The molecule has 5 rings (SSSR count). The molecule has 0 atom stereocenters. The van der Waals surface area contributed by atoms with Crippen molar-refractivity contribution in [3.63, 3.8) is 0 Å². The second kappa shape index (κ2) is 10.8. The number of hydrogen-bond acceptors (Lipinski definition) is 5. The van der Waals surface area contributed by atoms with Crippen LogP contribution in [0.1, 0.15) is 5.56 Å². The van der Waals surface area contributed by atoms with Gasteiger partial charge in [-0.25, -0.2) is 22.6 Å². The number of methoxy groups -OCH3 is 1. The molecule has 8 nitrogen and oxygen atoms in total. The minimum atomic E-state index is -3.26. The summed E-state index contributed by atoms with van der Waals surface area (Å²) in [5.41, 5.74) is 4.78. The third kappa shape index (κ3) is 5.50. The molecule has 0 unspecified atom stereocenters. The van der Waals surface area contributed by atoms with E-state index in [4.69, 9.17) is 4.74 Å². The summed E-state index contributed by atoms with van der Waals surface area (Å²) in [4.78, 5) is 17.0. The van der Waals surface area contributed by atoms with E-state index in [0.717, 1.165) is 33.6 Å². The Bertz CT molecular complexity index is 1820. The minimum Gasteiger partial charge on any atom is -0.494 e. The standard InChI is InChI=1S/C29H24F2N4O4S/c1-39-25-12-11-23(27(30)28(25)31)34-29(36)33-16-18-3-5-20(6-4-18)24-17-32-26-15-21(13-14-35(24)26)19-7-9-22(10-8-19)40(2,37)38/h3-15,17H,16H2,1-2H3,(H2,33,34,36). The number of pyridine rings is 1. The van der Waals surface area contributed by atoms with Crippen molar-refractivity contribution < 1.29 is 26.7 Å². The third-order valence-electron chi connectivity index (χ3n) is 6.35. The summed E-state index contributed by atoms with van der Waals surface area (Å²) in [7, 11) is -2.04. The monoisotopic (exact) mass is 562 g/mol. The molecule has 2 aromatic heterocycles. The van der Waals surface area contributed by atoms with E-state index in [-0.39, 0.29) is 22.9 Å². The molecule has 11 heteroatoms. The summed E-state index contributed by atoms with van der Waals surface area (Å²) in [5, 5.41) is 4.91. The molecule has 40 heavy (non-hydrogen) atoms. The number of ether oxygens (including phenoxy) is 1. The van der Waals surface area contributed by atoms with Crippen molar-refractivity contribution in [2.75, 3.05) is 18.7 Å². The predicted molar refractivity (Wildman–Crippen MR) is 148 cm³/mol. The van der Waals surface area contributed by atoms with Crippen molar-refractivity contribution >= 4 is 27.2 Å². The molecule has 3 aromatic carbocycles. The molecule has 0 fully saturated rings. The topological polar surface area (TPSA) is 102 Å². The summed E-state index contributed by atoms with van der Waals surface area (Å²) in [6, 6.07) is 19.8. The van der Waals surface area contributed by atoms with Crippen LogP contribution < -0.4 is 15.4 Å². The Hall–Kier alpha value is -4.77. The first kappa shape index (κ1) is 26.8. The fourth-order valence-corrected chi connectivity index (χ4v) is 4.83. The number of halogens is 2. The predicted octanol–water partition coefficient (Wildman–Crippen LogP) is 5.68. The van der Waals surface area contributed by atoms with Gasteiger partial charge in [-0.2, -0.15) is 4.39 Å². The van der Waals surface area contributed by atoms with Gasteiger partial charge in [0.05, 0.1) is 29.6 Å². The first-order chi connectivity index (χ1) is 19.1. The van der Waals surface area contributed by atoms with Crippen molar-refractivity contribution in [3.8, 4) is 28.1 Å². The zero-order valence-corrected chi connectivity index (χ0v) is 22.3. The molecule has 0 saturated heterocycles. The molecular weight excluding hydrogens is 538 g/mol. The number of imidazole rings is 1. The number of urea groups is 1. The van der Waals surface area contributed by atoms with Crippen LogP contribution in [0.2, 0.25) is 0 Å². The van der Waals surface area contributed by atoms with Crippen molar-refractivity contribution in [2.24, 2.45) is 0 Å². The van der Waals surface area contributed by atoms with E-state index >= 15 is 0 Å². The number of anilines is 1. The van der Waals surface area contributed by atoms with Gasteiger partial charge < -0.3 is 15.4 Å². The van der Waals surface area contributed by atoms with Gasteiger partial charge in [-0.1, -0.05) is 36.4 Å². The molecule has 0 aliphatic rings. The Kier molecular flexibility index (Phi) is 7.22. The fraction of sp³-hybridized carbons (Fsp3) is 0.103. The second-order valence-corrected chi connectivity index (χ2v) is 11.0. The molecule has 0 bridgehead atoms. The van der Waals surface area contributed by atoms with Gasteiger partial charge in [0.25, 0.3) is 0 Å². The first-order valence-electron chi connectivity index (χ1n) is 12.1. The van der Waals surface area contributed by atoms with Gasteiger partial charge in [-0.3, -0.25) is 4.40 Å². The van der Waals surface area contributed by atoms with E-state index in [2.05, 4.69) is 15.6 Å². The number of benzene rings is 3. The van der Waals surface area contributed by atoms with Gasteiger partial charge in [-0.05, 0) is 53.1 Å². The normalized spacial score (nSPS) is 11.4. The molecule has 204 valence electrons. The molecule has 0 spiro atoms. The zero-order chi connectivity index (χ0) is 28.4. The number of hydrogen-bond donors (Lipinski definition) is 2. The summed E-state index contributed by atoms with van der Waals surface area (Å²) < 4.78 is 58.1. The van der Waals surface area contributed by atoms with Crippen molar-refractivity contribution in [2.45, 2.75) is 11.4 Å². The van der Waals surface area contributed by atoms with Crippen LogP contribution in [-0.2, 0) is 16.4 Å². The van der Waals surface area contributed by atoms with Crippen LogP contribution in [0.3, 0.4) is 0 Å². The molecule has 0 aliphatic heterocycles. The number of carbonyl (C=O) groups is 1. The molecule has 0 saturated carbocycles. The SMILES string of the molecule is COc1ccc(NC(=O)NCc2ccc(-c3cnc4cc(-c5ccc(S(C)(=O)=O)cc5)ccn34)cc2)c(F)c1F. The number of rotatable bonds is 7. The smallest absolute Gasteiger partial charge is 0.319 e. The van der Waals surface area contributed by atoms with Crippen LogP contribution in [0.25, 0.3) is 28.0 Å². The number of sulfone groups is 1. The Balaban J connectivity index is 1.25.